The van der Waals surface area contributed by atoms with E-state index in [2.05, 4.69) is 10.6 Å². The molecule has 0 radical (unpaired) electrons. The van der Waals surface area contributed by atoms with Crippen molar-refractivity contribution in [1.82, 2.24) is 10.6 Å². The average molecular weight is 435 g/mol. The fourth-order valence-electron chi connectivity index (χ4n) is 2.99. The topological polar surface area (TPSA) is 76.7 Å². The van der Waals surface area contributed by atoms with E-state index in [1.54, 1.807) is 63.4 Å². The minimum Gasteiger partial charge on any atom is -0.497 e. The summed E-state index contributed by atoms with van der Waals surface area (Å²) in [6.07, 6.45) is -0.334. The summed E-state index contributed by atoms with van der Waals surface area (Å²) in [4.78, 5) is 25.4. The first kappa shape index (κ1) is 21.0. The molecule has 0 aliphatic carbocycles. The van der Waals surface area contributed by atoms with Crippen molar-refractivity contribution in [2.24, 2.45) is 0 Å². The zero-order chi connectivity index (χ0) is 21.1. The smallest absolute Gasteiger partial charge is 0.338 e. The quantitative estimate of drug-likeness (QED) is 0.667. The molecule has 0 aromatic heterocycles. The molecule has 6 nitrogen and oxygen atoms in total. The maximum Gasteiger partial charge on any atom is 0.338 e. The zero-order valence-electron chi connectivity index (χ0n) is 16.1. The first-order valence-electron chi connectivity index (χ1n) is 8.92. The van der Waals surface area contributed by atoms with Gasteiger partial charge in [0.05, 0.1) is 40.6 Å². The summed E-state index contributed by atoms with van der Waals surface area (Å²) in [7, 11) is 1.56. The Morgan fingerprint density at radius 3 is 2.34 bits per heavy atom. The van der Waals surface area contributed by atoms with Crippen LogP contribution in [0.2, 0.25) is 10.0 Å². The summed E-state index contributed by atoms with van der Waals surface area (Å²) in [5, 5.41) is 6.19. The highest BCUT2D eigenvalue weighted by molar-refractivity contribution is 6.42. The highest BCUT2D eigenvalue weighted by Gasteiger charge is 2.35. The van der Waals surface area contributed by atoms with Crippen molar-refractivity contribution in [3.05, 3.63) is 69.2 Å². The number of methoxy groups -OCH3 is 1. The van der Waals surface area contributed by atoms with E-state index in [1.807, 2.05) is 0 Å². The minimum absolute atomic E-state index is 0.266. The molecular weight excluding hydrogens is 415 g/mol. The SMILES string of the molecule is COc1ccc(C2=C(C(=O)OC(C)C)C(c3ccc(Cl)c(Cl)c3)NC(=O)N2)cc1. The molecule has 0 spiro atoms. The Morgan fingerprint density at radius 2 is 1.76 bits per heavy atom. The van der Waals surface area contributed by atoms with Crippen molar-refractivity contribution in [1.29, 1.82) is 0 Å². The normalized spacial score (nSPS) is 16.3. The van der Waals surface area contributed by atoms with E-state index < -0.39 is 18.0 Å². The van der Waals surface area contributed by atoms with Crippen molar-refractivity contribution in [2.45, 2.75) is 26.0 Å². The highest BCUT2D eigenvalue weighted by atomic mass is 35.5. The summed E-state index contributed by atoms with van der Waals surface area (Å²) in [6.45, 7) is 3.52. The summed E-state index contributed by atoms with van der Waals surface area (Å²) in [6, 6.07) is 10.7. The molecule has 152 valence electrons. The molecule has 3 rings (SSSR count). The zero-order valence-corrected chi connectivity index (χ0v) is 17.6. The van der Waals surface area contributed by atoms with Crippen molar-refractivity contribution in [2.75, 3.05) is 7.11 Å². The summed E-state index contributed by atoms with van der Waals surface area (Å²) in [5.41, 5.74) is 1.87. The van der Waals surface area contributed by atoms with Crippen LogP contribution < -0.4 is 15.4 Å². The number of benzene rings is 2. The Hall–Kier alpha value is -2.70. The van der Waals surface area contributed by atoms with Gasteiger partial charge in [0, 0.05) is 0 Å². The van der Waals surface area contributed by atoms with Crippen molar-refractivity contribution >= 4 is 40.9 Å². The number of ether oxygens (including phenoxy) is 2. The molecule has 2 amide bonds. The third kappa shape index (κ3) is 4.66. The van der Waals surface area contributed by atoms with Crippen molar-refractivity contribution < 1.29 is 19.1 Å². The second-order valence-electron chi connectivity index (χ2n) is 6.68. The second-order valence-corrected chi connectivity index (χ2v) is 7.49. The third-order valence-electron chi connectivity index (χ3n) is 4.29. The number of carbonyl (C=O) groups is 2. The van der Waals surface area contributed by atoms with Crippen molar-refractivity contribution in [3.63, 3.8) is 0 Å². The molecule has 2 aromatic carbocycles. The van der Waals surface area contributed by atoms with E-state index in [0.717, 1.165) is 0 Å². The number of halogens is 2. The maximum absolute atomic E-state index is 13.0. The summed E-state index contributed by atoms with van der Waals surface area (Å²) >= 11 is 12.2. The Labute approximate surface area is 178 Å². The molecular formula is C21H20Cl2N2O4. The van der Waals surface area contributed by atoms with E-state index >= 15 is 0 Å². The number of nitrogens with one attached hydrogen (secondary N) is 2. The van der Waals surface area contributed by atoms with Crippen LogP contribution in [0.1, 0.15) is 31.0 Å². The Balaban J connectivity index is 2.17. The molecule has 29 heavy (non-hydrogen) atoms. The van der Waals surface area contributed by atoms with Crippen LogP contribution in [0.25, 0.3) is 5.70 Å². The Morgan fingerprint density at radius 1 is 1.07 bits per heavy atom. The number of esters is 1. The van der Waals surface area contributed by atoms with Crippen LogP contribution in [0.3, 0.4) is 0 Å². The van der Waals surface area contributed by atoms with E-state index in [1.165, 1.54) is 0 Å². The molecule has 0 fully saturated rings. The van der Waals surface area contributed by atoms with Crippen LogP contribution in [-0.2, 0) is 9.53 Å². The first-order valence-corrected chi connectivity index (χ1v) is 9.67. The fraction of sp³-hybridized carbons (Fsp3) is 0.238. The number of amides is 2. The van der Waals surface area contributed by atoms with Crippen LogP contribution in [0.15, 0.2) is 48.0 Å². The van der Waals surface area contributed by atoms with Crippen LogP contribution in [-0.4, -0.2) is 25.2 Å². The molecule has 0 saturated heterocycles. The molecule has 1 aliphatic heterocycles. The molecule has 0 bridgehead atoms. The van der Waals surface area contributed by atoms with Crippen molar-refractivity contribution in [3.8, 4) is 5.75 Å². The van der Waals surface area contributed by atoms with Gasteiger partial charge >= 0.3 is 12.0 Å². The predicted molar refractivity (Wildman–Crippen MR) is 112 cm³/mol. The highest BCUT2D eigenvalue weighted by Crippen LogP contribution is 2.35. The van der Waals surface area contributed by atoms with Crippen LogP contribution in [0.4, 0.5) is 4.79 Å². The lowest BCUT2D eigenvalue weighted by Crippen LogP contribution is -2.45. The number of urea groups is 1. The van der Waals surface area contributed by atoms with Gasteiger partial charge in [-0.05, 0) is 61.4 Å². The van der Waals surface area contributed by atoms with Crippen LogP contribution in [0, 0.1) is 0 Å². The van der Waals surface area contributed by atoms with Gasteiger partial charge in [0.2, 0.25) is 0 Å². The van der Waals surface area contributed by atoms with Gasteiger partial charge in [0.25, 0.3) is 0 Å². The summed E-state index contributed by atoms with van der Waals surface area (Å²) in [5.74, 6) is 0.108. The van der Waals surface area contributed by atoms with Gasteiger partial charge in [-0.1, -0.05) is 29.3 Å². The number of rotatable bonds is 5. The second kappa shape index (κ2) is 8.76. The van der Waals surface area contributed by atoms with E-state index in [4.69, 9.17) is 32.7 Å². The van der Waals surface area contributed by atoms with Gasteiger partial charge in [-0.2, -0.15) is 0 Å². The van der Waals surface area contributed by atoms with Gasteiger partial charge in [0.1, 0.15) is 5.75 Å². The van der Waals surface area contributed by atoms with Gasteiger partial charge < -0.3 is 20.1 Å². The van der Waals surface area contributed by atoms with Crippen LogP contribution in [0.5, 0.6) is 5.75 Å². The molecule has 1 aliphatic rings. The molecule has 2 aromatic rings. The number of hydrogen-bond donors (Lipinski definition) is 2. The molecule has 0 saturated carbocycles. The fourth-order valence-corrected chi connectivity index (χ4v) is 3.30. The maximum atomic E-state index is 13.0. The molecule has 1 heterocycles. The number of hydrogen-bond acceptors (Lipinski definition) is 4. The summed E-state index contributed by atoms with van der Waals surface area (Å²) < 4.78 is 10.6. The Kier molecular flexibility index (Phi) is 6.35. The van der Waals surface area contributed by atoms with Gasteiger partial charge in [-0.25, -0.2) is 9.59 Å². The Bertz CT molecular complexity index is 971. The minimum atomic E-state index is -0.762. The lowest BCUT2D eigenvalue weighted by Gasteiger charge is -2.30. The average Bonchev–Trinajstić information content (AvgIpc) is 2.68. The van der Waals surface area contributed by atoms with Gasteiger partial charge in [-0.3, -0.25) is 0 Å². The van der Waals surface area contributed by atoms with Gasteiger partial charge in [0.15, 0.2) is 0 Å². The largest absolute Gasteiger partial charge is 0.497 e. The molecule has 2 N–H and O–H groups in total. The first-order chi connectivity index (χ1) is 13.8. The van der Waals surface area contributed by atoms with Crippen LogP contribution >= 0.6 is 23.2 Å². The molecule has 1 unspecified atom stereocenters. The number of carbonyl (C=O) groups excluding carboxylic acids is 2. The predicted octanol–water partition coefficient (Wildman–Crippen LogP) is 4.72. The lowest BCUT2D eigenvalue weighted by atomic mass is 9.92. The molecule has 8 heteroatoms. The molecule has 1 atom stereocenters. The van der Waals surface area contributed by atoms with E-state index in [9.17, 15) is 9.59 Å². The van der Waals surface area contributed by atoms with E-state index in [-0.39, 0.29) is 11.7 Å². The third-order valence-corrected chi connectivity index (χ3v) is 5.03. The van der Waals surface area contributed by atoms with Gasteiger partial charge in [-0.15, -0.1) is 0 Å². The standard InChI is InChI=1S/C21H20Cl2N2O4/c1-11(2)29-20(26)17-18(12-4-7-14(28-3)8-5-12)24-21(27)25-19(17)13-6-9-15(22)16(23)10-13/h4-11,19H,1-3H3,(H2,24,25,27). The van der Waals surface area contributed by atoms with E-state index in [0.29, 0.717) is 32.6 Å². The monoisotopic (exact) mass is 434 g/mol. The lowest BCUT2D eigenvalue weighted by molar-refractivity contribution is -0.143.